The Bertz CT molecular complexity index is 1980. The summed E-state index contributed by atoms with van der Waals surface area (Å²) in [7, 11) is 0. The Balaban J connectivity index is 1.60. The molecule has 4 rings (SSSR count). The summed E-state index contributed by atoms with van der Waals surface area (Å²) in [5.41, 5.74) is 6.11. The van der Waals surface area contributed by atoms with Gasteiger partial charge in [0.1, 0.15) is 12.2 Å². The number of allylic oxidation sites excluding steroid dienone is 12. The number of carbonyl (C=O) groups excluding carboxylic acids is 2. The number of ether oxygens (including phenoxy) is 4. The Morgan fingerprint density at radius 3 is 2.00 bits per heavy atom. The molecule has 0 unspecified atom stereocenters. The van der Waals surface area contributed by atoms with E-state index in [9.17, 15) is 60.7 Å². The van der Waals surface area contributed by atoms with Crippen LogP contribution >= 0.6 is 0 Å². The molecule has 1 amide bonds. The van der Waals surface area contributed by atoms with E-state index < -0.39 is 147 Å². The number of hydrogen-bond donors (Lipinski definition) is 12. The first-order chi connectivity index (χ1) is 34.2. The predicted molar refractivity (Wildman–Crippen MR) is 260 cm³/mol. The largest absolute Gasteiger partial charge is 0.462 e. The number of aliphatic hydroxyl groups excluding tert-OH is 9. The Kier molecular flexibility index (Phi) is 25.2. The minimum Gasteiger partial charge on any atom is -0.462 e. The van der Waals surface area contributed by atoms with Crippen molar-refractivity contribution < 1.29 is 79.6 Å². The average Bonchev–Trinajstić information content (AvgIpc) is 3.84. The van der Waals surface area contributed by atoms with Crippen molar-refractivity contribution in [2.24, 2.45) is 23.5 Å². The monoisotopic (exact) mass is 1020 g/mol. The molecule has 22 nitrogen and oxygen atoms in total. The van der Waals surface area contributed by atoms with Crippen LogP contribution in [0.2, 0.25) is 0 Å². The summed E-state index contributed by atoms with van der Waals surface area (Å²) < 4.78 is 23.7. The molecule has 2 fully saturated rings. The number of amides is 1. The van der Waals surface area contributed by atoms with Gasteiger partial charge in [0.25, 0.3) is 0 Å². The van der Waals surface area contributed by atoms with E-state index in [4.69, 9.17) is 24.7 Å². The fourth-order valence-electron chi connectivity index (χ4n) is 8.68. The van der Waals surface area contributed by atoms with Crippen molar-refractivity contribution in [3.63, 3.8) is 0 Å². The second-order valence-electron chi connectivity index (χ2n) is 19.1. The number of fused-ring (bicyclic) bond motifs is 2. The summed E-state index contributed by atoms with van der Waals surface area (Å²) in [5.74, 6) is -5.78. The lowest BCUT2D eigenvalue weighted by Crippen LogP contribution is -2.62. The summed E-state index contributed by atoms with van der Waals surface area (Å²) in [5, 5.41) is 124. The van der Waals surface area contributed by atoms with Gasteiger partial charge in [-0.1, -0.05) is 98.9 Å². The number of esters is 1. The van der Waals surface area contributed by atoms with Gasteiger partial charge in [0.15, 0.2) is 18.4 Å². The molecule has 1 aromatic rings. The quantitative estimate of drug-likeness (QED) is 0.159. The van der Waals surface area contributed by atoms with Crippen molar-refractivity contribution in [1.82, 2.24) is 25.5 Å². The molecule has 0 radical (unpaired) electrons. The molecule has 3 aliphatic rings. The third-order valence-electron chi connectivity index (χ3n) is 13.0. The summed E-state index contributed by atoms with van der Waals surface area (Å²) in [4.78, 5) is 27.8. The highest BCUT2D eigenvalue weighted by Crippen LogP contribution is 2.38. The minimum absolute atomic E-state index is 0.0175. The molecular weight excluding hydrogens is 941 g/mol. The number of rotatable bonds is 6. The van der Waals surface area contributed by atoms with Gasteiger partial charge in [0.05, 0.1) is 92.1 Å². The van der Waals surface area contributed by atoms with Crippen LogP contribution in [0, 0.1) is 17.8 Å². The zero-order valence-corrected chi connectivity index (χ0v) is 41.4. The predicted octanol–water partition coefficient (Wildman–Crippen LogP) is -0.570. The van der Waals surface area contributed by atoms with Crippen LogP contribution in [-0.4, -0.2) is 187 Å². The van der Waals surface area contributed by atoms with Crippen LogP contribution in [0.1, 0.15) is 79.1 Å². The Morgan fingerprint density at radius 2 is 1.38 bits per heavy atom. The van der Waals surface area contributed by atoms with Gasteiger partial charge in [-0.3, -0.25) is 9.59 Å². The molecule has 22 heteroatoms. The van der Waals surface area contributed by atoms with E-state index in [1.165, 1.54) is 11.1 Å². The molecule has 13 N–H and O–H groups in total. The van der Waals surface area contributed by atoms with E-state index in [1.807, 2.05) is 37.3 Å². The number of hydrogen-bond acceptors (Lipinski definition) is 20. The van der Waals surface area contributed by atoms with E-state index in [2.05, 4.69) is 20.7 Å². The van der Waals surface area contributed by atoms with E-state index in [0.29, 0.717) is 0 Å². The van der Waals surface area contributed by atoms with Crippen LogP contribution in [-0.2, 0) is 35.1 Å². The Labute approximate surface area is 420 Å². The van der Waals surface area contributed by atoms with Crippen LogP contribution in [0.15, 0.2) is 91.4 Å². The van der Waals surface area contributed by atoms with Crippen molar-refractivity contribution in [2.75, 3.05) is 6.54 Å². The highest BCUT2D eigenvalue weighted by Gasteiger charge is 2.51. The number of carbonyl (C=O) groups is 2. The van der Waals surface area contributed by atoms with Gasteiger partial charge in [-0.15, -0.1) is 10.2 Å². The molecule has 4 heterocycles. The summed E-state index contributed by atoms with van der Waals surface area (Å²) >= 11 is 0. The van der Waals surface area contributed by atoms with Gasteiger partial charge in [-0.05, 0) is 38.3 Å². The van der Waals surface area contributed by atoms with Gasteiger partial charge in [-0.25, -0.2) is 0 Å². The van der Waals surface area contributed by atoms with Crippen LogP contribution in [0.4, 0.5) is 0 Å². The van der Waals surface area contributed by atoms with Crippen LogP contribution in [0.5, 0.6) is 0 Å². The summed E-state index contributed by atoms with van der Waals surface area (Å²) in [6, 6.07) is -1.15. The molecule has 3 aliphatic heterocycles. The lowest BCUT2D eigenvalue weighted by atomic mass is 9.82. The van der Waals surface area contributed by atoms with Gasteiger partial charge in [0, 0.05) is 44.1 Å². The molecule has 0 aliphatic carbocycles. The van der Waals surface area contributed by atoms with Gasteiger partial charge in [-0.2, -0.15) is 4.80 Å². The summed E-state index contributed by atoms with van der Waals surface area (Å²) in [6.07, 6.45) is 5.44. The smallest absolute Gasteiger partial charge is 0.308 e. The van der Waals surface area contributed by atoms with Crippen LogP contribution in [0.25, 0.3) is 0 Å². The molecule has 72 heavy (non-hydrogen) atoms. The third-order valence-corrected chi connectivity index (χ3v) is 13.0. The Hall–Kier alpha value is -4.37. The first-order valence-corrected chi connectivity index (χ1v) is 24.6. The van der Waals surface area contributed by atoms with Crippen molar-refractivity contribution >= 4 is 11.9 Å². The topological polar surface area (TPSA) is 355 Å². The normalized spacial score (nSPS) is 42.2. The number of tetrazole rings is 1. The maximum atomic E-state index is 13.9. The average molecular weight is 1020 g/mol. The molecule has 1 aromatic heterocycles. The van der Waals surface area contributed by atoms with Crippen LogP contribution < -0.4 is 11.1 Å². The molecule has 19 atom stereocenters. The zero-order chi connectivity index (χ0) is 53.0. The third kappa shape index (κ3) is 19.8. The van der Waals surface area contributed by atoms with E-state index in [0.717, 1.165) is 0 Å². The molecule has 404 valence electrons. The first kappa shape index (κ1) is 60.2. The first-order valence-electron chi connectivity index (χ1n) is 24.6. The van der Waals surface area contributed by atoms with E-state index in [-0.39, 0.29) is 44.7 Å². The lowest BCUT2D eigenvalue weighted by Gasteiger charge is -2.46. The number of cyclic esters (lactones) is 1. The molecule has 2 saturated heterocycles. The molecule has 0 spiro atoms. The second-order valence-corrected chi connectivity index (χ2v) is 19.1. The number of aliphatic hydroxyl groups is 10. The van der Waals surface area contributed by atoms with Crippen molar-refractivity contribution in [1.29, 1.82) is 0 Å². The molecule has 0 aromatic carbocycles. The number of nitrogens with zero attached hydrogens (tertiary/aromatic N) is 4. The standard InChI is InChI=1S/C50H78N6O16/c1-30-17-15-13-11-9-7-5-6-8-10-12-14-16-18-37(71-49-47(66)44(51)46(65)33(4)70-49)26-41-43(48(67)52-21-22-56-54-29-53-55-56)40(62)28-50(68,72-41)27-36(59)24-39(61)38(60)20-19-34(57)23-35(58)25-42(63)69-32(3)31(2)45(30)64/h5-18,29-41,43-47,49,57-62,64-66,68H,19-28,51H2,1-4H3,(H,52,67)/b6-5+,9-7+,10-8+,13-11+,14-12+,17-15+,18-16+/t30-,31-,32-,33+,34+,35+,36-,37-,38+,39+,40-,41-,43+,44-,45+,46+,47-,49-,50+/m0/s1. The number of aromatic nitrogens is 4. The fourth-order valence-corrected chi connectivity index (χ4v) is 8.68. The van der Waals surface area contributed by atoms with Gasteiger partial charge < -0.3 is 81.1 Å². The maximum absolute atomic E-state index is 13.9. The highest BCUT2D eigenvalue weighted by atomic mass is 16.7. The molecule has 0 saturated carbocycles. The lowest BCUT2D eigenvalue weighted by molar-refractivity contribution is -0.307. The fraction of sp³-hybridized carbons (Fsp3) is 0.660. The van der Waals surface area contributed by atoms with E-state index in [1.54, 1.807) is 75.5 Å². The van der Waals surface area contributed by atoms with Gasteiger partial charge in [0.2, 0.25) is 5.91 Å². The van der Waals surface area contributed by atoms with Crippen molar-refractivity contribution in [2.45, 2.75) is 183 Å². The van der Waals surface area contributed by atoms with Crippen LogP contribution in [0.3, 0.4) is 0 Å². The highest BCUT2D eigenvalue weighted by molar-refractivity contribution is 5.80. The van der Waals surface area contributed by atoms with Crippen molar-refractivity contribution in [3.05, 3.63) is 91.4 Å². The Morgan fingerprint density at radius 1 is 0.750 bits per heavy atom. The summed E-state index contributed by atoms with van der Waals surface area (Å²) in [6.45, 7) is 6.93. The second kappa shape index (κ2) is 30.1. The van der Waals surface area contributed by atoms with Gasteiger partial charge >= 0.3 is 5.97 Å². The van der Waals surface area contributed by atoms with Crippen molar-refractivity contribution in [3.8, 4) is 0 Å². The van der Waals surface area contributed by atoms with E-state index >= 15 is 0 Å². The maximum Gasteiger partial charge on any atom is 0.308 e. The SMILES string of the molecule is C[C@@H]1[C@H](O)[C@@H](C)/C=C/C=C/C=C/C=C/C=C/C=C/C=C/[C@H](O[C@@H]2O[C@H](C)[C@@H](O)[C@H](N)[C@@H]2O)C[C@@H]2O[C@](O)(C[C@@H](O)C[C@@H](O)[C@H](O)CC[C@@H](O)C[C@@H](O)CC(=O)O[C@H]1C)C[C@H](O)[C@H]2C(=O)NCCn1ncnn1. The number of nitrogens with one attached hydrogen (secondary N) is 1. The minimum atomic E-state index is -2.30. The molecule has 2 bridgehead atoms. The molecular formula is C50H78N6O16. The zero-order valence-electron chi connectivity index (χ0n) is 41.4. The number of nitrogens with two attached hydrogens (primary N) is 1.